The number of carbonyl (C=O) groups is 2. The summed E-state index contributed by atoms with van der Waals surface area (Å²) < 4.78 is 0. The molecule has 1 aliphatic heterocycles. The molecule has 1 aromatic rings. The van der Waals surface area contributed by atoms with E-state index < -0.39 is 0 Å². The van der Waals surface area contributed by atoms with Gasteiger partial charge in [-0.25, -0.2) is 0 Å². The van der Waals surface area contributed by atoms with Crippen LogP contribution in [-0.2, 0) is 16.1 Å². The van der Waals surface area contributed by atoms with Crippen LogP contribution >= 0.6 is 0 Å². The summed E-state index contributed by atoms with van der Waals surface area (Å²) in [6, 6.07) is 3.89. The zero-order valence-corrected chi connectivity index (χ0v) is 14.7. The van der Waals surface area contributed by atoms with Gasteiger partial charge in [0.1, 0.15) is 0 Å². The normalized spacial score (nSPS) is 19.2. The second kappa shape index (κ2) is 8.75. The molecule has 0 bridgehead atoms. The first-order valence-electron chi connectivity index (χ1n) is 8.25. The van der Waals surface area contributed by atoms with Crippen LogP contribution in [0.25, 0.3) is 0 Å². The van der Waals surface area contributed by atoms with Crippen LogP contribution in [-0.4, -0.2) is 85.4 Å². The van der Waals surface area contributed by atoms with Gasteiger partial charge >= 0.3 is 0 Å². The summed E-state index contributed by atoms with van der Waals surface area (Å²) in [6.45, 7) is 3.60. The molecule has 7 nitrogen and oxygen atoms in total. The highest BCUT2D eigenvalue weighted by Crippen LogP contribution is 2.10. The molecule has 1 atom stereocenters. The maximum Gasteiger partial charge on any atom is 0.236 e. The molecule has 1 fully saturated rings. The van der Waals surface area contributed by atoms with Crippen molar-refractivity contribution in [2.45, 2.75) is 6.54 Å². The number of rotatable bonds is 5. The third kappa shape index (κ3) is 5.28. The second-order valence-corrected chi connectivity index (χ2v) is 6.45. The summed E-state index contributed by atoms with van der Waals surface area (Å²) in [5.74, 6) is -0.133. The average molecular weight is 333 g/mol. The van der Waals surface area contributed by atoms with E-state index in [1.165, 1.54) is 0 Å². The first-order chi connectivity index (χ1) is 11.5. The lowest BCUT2D eigenvalue weighted by Crippen LogP contribution is -2.44. The van der Waals surface area contributed by atoms with Crippen molar-refractivity contribution in [3.8, 4) is 0 Å². The van der Waals surface area contributed by atoms with Crippen molar-refractivity contribution < 1.29 is 9.59 Å². The lowest BCUT2D eigenvalue weighted by Gasteiger charge is -2.26. The number of nitrogens with zero attached hydrogens (tertiary/aromatic N) is 4. The quantitative estimate of drug-likeness (QED) is 0.798. The van der Waals surface area contributed by atoms with Crippen LogP contribution in [0, 0.1) is 5.92 Å². The molecule has 1 N–H and O–H groups in total. The number of nitrogens with one attached hydrogen (secondary N) is 1. The number of hydrogen-bond donors (Lipinski definition) is 1. The van der Waals surface area contributed by atoms with Crippen molar-refractivity contribution in [1.82, 2.24) is 25.0 Å². The summed E-state index contributed by atoms with van der Waals surface area (Å²) >= 11 is 0. The van der Waals surface area contributed by atoms with E-state index in [4.69, 9.17) is 0 Å². The van der Waals surface area contributed by atoms with Gasteiger partial charge in [0.05, 0.1) is 12.5 Å². The lowest BCUT2D eigenvalue weighted by molar-refractivity contribution is -0.133. The number of amides is 2. The number of likely N-dealkylation sites (N-methyl/N-ethyl adjacent to an activating group) is 2. The van der Waals surface area contributed by atoms with Crippen molar-refractivity contribution in [1.29, 1.82) is 0 Å². The monoisotopic (exact) mass is 333 g/mol. The van der Waals surface area contributed by atoms with Crippen LogP contribution in [0.2, 0.25) is 0 Å². The summed E-state index contributed by atoms with van der Waals surface area (Å²) in [7, 11) is 5.55. The summed E-state index contributed by atoms with van der Waals surface area (Å²) in [6.07, 6.45) is 3.55. The Hall–Kier alpha value is -1.99. The zero-order chi connectivity index (χ0) is 17.5. The largest absolute Gasteiger partial charge is 0.359 e. The van der Waals surface area contributed by atoms with Crippen molar-refractivity contribution in [3.05, 3.63) is 30.1 Å². The Morgan fingerprint density at radius 1 is 1.38 bits per heavy atom. The lowest BCUT2D eigenvalue weighted by atomic mass is 10.1. The molecule has 132 valence electrons. The number of carbonyl (C=O) groups excluding carboxylic acids is 2. The highest BCUT2D eigenvalue weighted by atomic mass is 16.2. The summed E-state index contributed by atoms with van der Waals surface area (Å²) in [5.41, 5.74) is 1.08. The fourth-order valence-corrected chi connectivity index (χ4v) is 2.96. The van der Waals surface area contributed by atoms with Gasteiger partial charge in [0.15, 0.2) is 0 Å². The minimum absolute atomic E-state index is 0.00901. The summed E-state index contributed by atoms with van der Waals surface area (Å²) in [4.78, 5) is 34.6. The van der Waals surface area contributed by atoms with Crippen LogP contribution in [0.15, 0.2) is 24.5 Å². The molecule has 2 heterocycles. The third-order valence-corrected chi connectivity index (χ3v) is 4.27. The van der Waals surface area contributed by atoms with Crippen molar-refractivity contribution in [2.75, 3.05) is 53.9 Å². The predicted molar refractivity (Wildman–Crippen MR) is 92.2 cm³/mol. The Morgan fingerprint density at radius 2 is 2.17 bits per heavy atom. The second-order valence-electron chi connectivity index (χ2n) is 6.45. The van der Waals surface area contributed by atoms with E-state index in [0.29, 0.717) is 32.7 Å². The van der Waals surface area contributed by atoms with Crippen molar-refractivity contribution in [3.63, 3.8) is 0 Å². The fraction of sp³-hybridized carbons (Fsp3) is 0.588. The van der Waals surface area contributed by atoms with Crippen LogP contribution < -0.4 is 5.32 Å². The van der Waals surface area contributed by atoms with Gasteiger partial charge in [-0.2, -0.15) is 0 Å². The molecular formula is C17H27N5O2. The van der Waals surface area contributed by atoms with Gasteiger partial charge in [-0.3, -0.25) is 19.5 Å². The topological polar surface area (TPSA) is 68.8 Å². The molecular weight excluding hydrogens is 306 g/mol. The highest BCUT2D eigenvalue weighted by Gasteiger charge is 2.28. The van der Waals surface area contributed by atoms with Crippen molar-refractivity contribution in [2.24, 2.45) is 5.92 Å². The molecule has 1 aromatic heterocycles. The van der Waals surface area contributed by atoms with Gasteiger partial charge in [0.25, 0.3) is 0 Å². The molecule has 0 aliphatic carbocycles. The van der Waals surface area contributed by atoms with Crippen LogP contribution in [0.4, 0.5) is 0 Å². The molecule has 0 aromatic carbocycles. The van der Waals surface area contributed by atoms with E-state index in [-0.39, 0.29) is 17.7 Å². The molecule has 1 saturated heterocycles. The van der Waals surface area contributed by atoms with Gasteiger partial charge in [0, 0.05) is 52.2 Å². The Kier molecular flexibility index (Phi) is 6.69. The van der Waals surface area contributed by atoms with Gasteiger partial charge in [-0.15, -0.1) is 0 Å². The molecule has 2 amide bonds. The number of hydrogen-bond acceptors (Lipinski definition) is 5. The van der Waals surface area contributed by atoms with E-state index in [1.807, 2.05) is 42.2 Å². The molecule has 1 aliphatic rings. The van der Waals surface area contributed by atoms with E-state index >= 15 is 0 Å². The molecule has 0 radical (unpaired) electrons. The van der Waals surface area contributed by atoms with Gasteiger partial charge in [0.2, 0.25) is 11.8 Å². The van der Waals surface area contributed by atoms with Crippen LogP contribution in [0.5, 0.6) is 0 Å². The van der Waals surface area contributed by atoms with E-state index in [0.717, 1.165) is 12.1 Å². The van der Waals surface area contributed by atoms with E-state index in [9.17, 15) is 9.59 Å². The fourth-order valence-electron chi connectivity index (χ4n) is 2.96. The molecule has 0 unspecified atom stereocenters. The highest BCUT2D eigenvalue weighted by molar-refractivity contribution is 5.81. The first-order valence-corrected chi connectivity index (χ1v) is 8.25. The van der Waals surface area contributed by atoms with Crippen LogP contribution in [0.1, 0.15) is 5.56 Å². The maximum atomic E-state index is 12.6. The SMILES string of the molecule is CNC(=O)[C@H]1CN(C)CCN(C(=O)CN(C)Cc2cccnc2)C1. The average Bonchev–Trinajstić information content (AvgIpc) is 2.77. The van der Waals surface area contributed by atoms with Gasteiger partial charge in [-0.05, 0) is 25.7 Å². The van der Waals surface area contributed by atoms with E-state index in [2.05, 4.69) is 15.2 Å². The molecule has 0 saturated carbocycles. The Balaban J connectivity index is 1.93. The van der Waals surface area contributed by atoms with Gasteiger partial charge < -0.3 is 15.1 Å². The molecule has 0 spiro atoms. The molecule has 2 rings (SSSR count). The minimum atomic E-state index is -0.185. The van der Waals surface area contributed by atoms with Crippen LogP contribution in [0.3, 0.4) is 0 Å². The molecule has 24 heavy (non-hydrogen) atoms. The summed E-state index contributed by atoms with van der Waals surface area (Å²) in [5, 5.41) is 2.70. The smallest absolute Gasteiger partial charge is 0.236 e. The number of aromatic nitrogens is 1. The third-order valence-electron chi connectivity index (χ3n) is 4.27. The first kappa shape index (κ1) is 18.4. The standard InChI is InChI=1S/C17H27N5O2/c1-18-17(24)15-11-20(2)7-8-22(12-15)16(23)13-21(3)10-14-5-4-6-19-9-14/h4-6,9,15H,7-8,10-13H2,1-3H3,(H,18,24)/t15-/m0/s1. The van der Waals surface area contributed by atoms with Crippen molar-refractivity contribution >= 4 is 11.8 Å². The Morgan fingerprint density at radius 3 is 2.83 bits per heavy atom. The maximum absolute atomic E-state index is 12.6. The Labute approximate surface area is 143 Å². The Bertz CT molecular complexity index is 551. The van der Waals surface area contributed by atoms with Gasteiger partial charge in [-0.1, -0.05) is 6.07 Å². The number of pyridine rings is 1. The molecule has 7 heteroatoms. The predicted octanol–water partition coefficient (Wildman–Crippen LogP) is -0.350. The minimum Gasteiger partial charge on any atom is -0.359 e. The van der Waals surface area contributed by atoms with E-state index in [1.54, 1.807) is 13.2 Å². The zero-order valence-electron chi connectivity index (χ0n) is 14.7.